The van der Waals surface area contributed by atoms with Crippen molar-refractivity contribution in [2.24, 2.45) is 0 Å². The molecule has 0 heterocycles. The van der Waals surface area contributed by atoms with Crippen LogP contribution in [-0.2, 0) is 0 Å². The Labute approximate surface area is 152 Å². The van der Waals surface area contributed by atoms with E-state index in [9.17, 15) is 0 Å². The summed E-state index contributed by atoms with van der Waals surface area (Å²) in [6.07, 6.45) is 22.1. The van der Waals surface area contributed by atoms with Crippen molar-refractivity contribution in [3.8, 4) is 0 Å². The van der Waals surface area contributed by atoms with Crippen LogP contribution in [0.3, 0.4) is 0 Å². The van der Waals surface area contributed by atoms with Crippen molar-refractivity contribution in [3.05, 3.63) is 0 Å². The second-order valence-electron chi connectivity index (χ2n) is 7.03. The van der Waals surface area contributed by atoms with E-state index in [4.69, 9.17) is 12.2 Å². The Hall–Kier alpha value is -0.110. The van der Waals surface area contributed by atoms with Crippen molar-refractivity contribution in [2.75, 3.05) is 13.1 Å². The lowest BCUT2D eigenvalue weighted by Crippen LogP contribution is -2.23. The van der Waals surface area contributed by atoms with Gasteiger partial charge in [-0.2, -0.15) is 0 Å². The number of hydrogen-bond donors (Lipinski definition) is 0. The molecule has 2 heteroatoms. The SMILES string of the molecule is CCCCCCCCCCN([C]=S)CCCCCCCCCC. The highest BCUT2D eigenvalue weighted by Gasteiger charge is 2.00. The molecular weight excluding hydrogens is 298 g/mol. The molecule has 0 aliphatic rings. The van der Waals surface area contributed by atoms with Crippen LogP contribution in [0.1, 0.15) is 117 Å². The van der Waals surface area contributed by atoms with Gasteiger partial charge in [-0.15, -0.1) is 0 Å². The van der Waals surface area contributed by atoms with Gasteiger partial charge in [-0.3, -0.25) is 0 Å². The molecule has 0 rings (SSSR count). The van der Waals surface area contributed by atoms with E-state index in [1.165, 1.54) is 103 Å². The average Bonchev–Trinajstić information content (AvgIpc) is 2.57. The number of rotatable bonds is 19. The summed E-state index contributed by atoms with van der Waals surface area (Å²) in [7, 11) is 0. The summed E-state index contributed by atoms with van der Waals surface area (Å²) >= 11 is 5.05. The van der Waals surface area contributed by atoms with Crippen LogP contribution in [0.4, 0.5) is 0 Å². The molecule has 0 aliphatic carbocycles. The first-order valence-corrected chi connectivity index (χ1v) is 10.9. The highest BCUT2D eigenvalue weighted by Crippen LogP contribution is 2.10. The molecule has 1 radical (unpaired) electrons. The maximum Gasteiger partial charge on any atom is 0.136 e. The summed E-state index contributed by atoms with van der Waals surface area (Å²) in [6, 6.07) is 0. The number of nitrogens with zero attached hydrogens (tertiary/aromatic N) is 1. The van der Waals surface area contributed by atoms with Crippen molar-refractivity contribution < 1.29 is 0 Å². The third-order valence-electron chi connectivity index (χ3n) is 4.69. The number of unbranched alkanes of at least 4 members (excludes halogenated alkanes) is 14. The highest BCUT2D eigenvalue weighted by atomic mass is 32.1. The Bertz CT molecular complexity index is 210. The van der Waals surface area contributed by atoms with E-state index in [1.54, 1.807) is 0 Å². The molecule has 0 aromatic heterocycles. The van der Waals surface area contributed by atoms with Gasteiger partial charge in [0.2, 0.25) is 0 Å². The second kappa shape index (κ2) is 19.9. The fraction of sp³-hybridized carbons (Fsp3) is 0.952. The summed E-state index contributed by atoms with van der Waals surface area (Å²) in [5.74, 6) is 0. The fourth-order valence-electron chi connectivity index (χ4n) is 3.08. The van der Waals surface area contributed by atoms with Gasteiger partial charge in [-0.25, -0.2) is 0 Å². The lowest BCUT2D eigenvalue weighted by molar-refractivity contribution is 0.397. The molecule has 0 atom stereocenters. The van der Waals surface area contributed by atoms with Crippen molar-refractivity contribution >= 4 is 17.7 Å². The minimum atomic E-state index is 1.12. The molecule has 0 bridgehead atoms. The molecule has 0 amide bonds. The van der Waals surface area contributed by atoms with Gasteiger partial charge < -0.3 is 4.90 Å². The van der Waals surface area contributed by atoms with Crippen LogP contribution in [0.25, 0.3) is 0 Å². The van der Waals surface area contributed by atoms with Gasteiger partial charge in [0, 0.05) is 13.1 Å². The standard InChI is InChI=1S/C21H42NS/c1-3-5-7-9-11-13-15-17-19-22(21-23)20-18-16-14-12-10-8-6-4-2/h3-20H2,1-2H3. The average molecular weight is 341 g/mol. The smallest absolute Gasteiger partial charge is 0.136 e. The first-order chi connectivity index (χ1) is 11.3. The molecule has 0 saturated heterocycles. The first-order valence-electron chi connectivity index (χ1n) is 10.5. The third kappa shape index (κ3) is 18.1. The summed E-state index contributed by atoms with van der Waals surface area (Å²) < 4.78 is 0. The molecule has 23 heavy (non-hydrogen) atoms. The second-order valence-corrected chi connectivity index (χ2v) is 7.21. The highest BCUT2D eigenvalue weighted by molar-refractivity contribution is 7.78. The van der Waals surface area contributed by atoms with Crippen LogP contribution >= 0.6 is 12.2 Å². The molecule has 0 aromatic rings. The van der Waals surface area contributed by atoms with Gasteiger partial charge in [0.15, 0.2) is 0 Å². The molecule has 0 saturated carbocycles. The van der Waals surface area contributed by atoms with Crippen molar-refractivity contribution in [1.82, 2.24) is 4.90 Å². The molecule has 0 aliphatic heterocycles. The van der Waals surface area contributed by atoms with Crippen LogP contribution in [0.5, 0.6) is 0 Å². The normalized spacial score (nSPS) is 10.9. The van der Waals surface area contributed by atoms with Crippen LogP contribution in [0.15, 0.2) is 0 Å². The molecule has 0 spiro atoms. The zero-order chi connectivity index (χ0) is 17.0. The van der Waals surface area contributed by atoms with Crippen molar-refractivity contribution in [1.29, 1.82) is 0 Å². The maximum atomic E-state index is 5.05. The third-order valence-corrected chi connectivity index (χ3v) is 4.95. The zero-order valence-corrected chi connectivity index (χ0v) is 16.9. The van der Waals surface area contributed by atoms with Crippen LogP contribution in [0, 0.1) is 0 Å². The first kappa shape index (κ1) is 22.9. The minimum Gasteiger partial charge on any atom is -0.360 e. The maximum absolute atomic E-state index is 5.05. The molecule has 0 unspecified atom stereocenters. The van der Waals surface area contributed by atoms with E-state index in [0.29, 0.717) is 0 Å². The van der Waals surface area contributed by atoms with E-state index < -0.39 is 0 Å². The van der Waals surface area contributed by atoms with Crippen molar-refractivity contribution in [2.45, 2.75) is 117 Å². The van der Waals surface area contributed by atoms with Crippen LogP contribution in [-0.4, -0.2) is 23.5 Å². The van der Waals surface area contributed by atoms with E-state index in [1.807, 2.05) is 0 Å². The predicted molar refractivity (Wildman–Crippen MR) is 109 cm³/mol. The van der Waals surface area contributed by atoms with E-state index in [0.717, 1.165) is 13.1 Å². The van der Waals surface area contributed by atoms with Gasteiger partial charge in [-0.1, -0.05) is 116 Å². The quantitative estimate of drug-likeness (QED) is 0.137. The van der Waals surface area contributed by atoms with Gasteiger partial charge in [0.1, 0.15) is 5.49 Å². The topological polar surface area (TPSA) is 3.24 Å². The molecule has 1 nitrogen and oxygen atoms in total. The van der Waals surface area contributed by atoms with Crippen LogP contribution in [0.2, 0.25) is 0 Å². The molecule has 0 fully saturated rings. The van der Waals surface area contributed by atoms with Gasteiger partial charge in [0.05, 0.1) is 0 Å². The lowest BCUT2D eigenvalue weighted by Gasteiger charge is -2.18. The van der Waals surface area contributed by atoms with Crippen molar-refractivity contribution in [3.63, 3.8) is 0 Å². The Morgan fingerprint density at radius 2 is 0.826 bits per heavy atom. The van der Waals surface area contributed by atoms with Crippen LogP contribution < -0.4 is 0 Å². The molecular formula is C21H42NS. The Morgan fingerprint density at radius 3 is 1.13 bits per heavy atom. The van der Waals surface area contributed by atoms with Gasteiger partial charge >= 0.3 is 0 Å². The number of thiocarbonyl (C=S) groups is 1. The van der Waals surface area contributed by atoms with E-state index >= 15 is 0 Å². The summed E-state index contributed by atoms with van der Waals surface area (Å²) in [6.45, 7) is 6.80. The van der Waals surface area contributed by atoms with Gasteiger partial charge in [-0.05, 0) is 12.8 Å². The largest absolute Gasteiger partial charge is 0.360 e. The molecule has 0 aromatic carbocycles. The Kier molecular flexibility index (Phi) is 19.8. The summed E-state index contributed by atoms with van der Waals surface area (Å²) in [5.41, 5.74) is 2.96. The van der Waals surface area contributed by atoms with Gasteiger partial charge in [0.25, 0.3) is 0 Å². The Balaban J connectivity index is 3.30. The Morgan fingerprint density at radius 1 is 0.522 bits per heavy atom. The summed E-state index contributed by atoms with van der Waals surface area (Å²) in [5, 5.41) is 0. The van der Waals surface area contributed by atoms with E-state index in [-0.39, 0.29) is 0 Å². The lowest BCUT2D eigenvalue weighted by atomic mass is 10.1. The fourth-order valence-corrected chi connectivity index (χ4v) is 3.26. The monoisotopic (exact) mass is 340 g/mol. The molecule has 137 valence electrons. The zero-order valence-electron chi connectivity index (χ0n) is 16.1. The van der Waals surface area contributed by atoms with E-state index in [2.05, 4.69) is 24.2 Å². The predicted octanol–water partition coefficient (Wildman–Crippen LogP) is 7.40. The molecule has 0 N–H and O–H groups in total. The summed E-state index contributed by atoms with van der Waals surface area (Å²) in [4.78, 5) is 2.24. The number of hydrogen-bond acceptors (Lipinski definition) is 1. The minimum absolute atomic E-state index is 1.12.